The summed E-state index contributed by atoms with van der Waals surface area (Å²) in [6.45, 7) is 5.41. The first-order valence-corrected chi connectivity index (χ1v) is 7.65. The molecule has 3 N–H and O–H groups in total. The smallest absolute Gasteiger partial charge is 0.238 e. The van der Waals surface area contributed by atoms with Crippen LogP contribution in [0.25, 0.3) is 0 Å². The Morgan fingerprint density at radius 2 is 2.24 bits per heavy atom. The monoisotopic (exact) mass is 310 g/mol. The average Bonchev–Trinajstić information content (AvgIpc) is 2.44. The van der Waals surface area contributed by atoms with E-state index >= 15 is 0 Å². The van der Waals surface area contributed by atoms with E-state index in [4.69, 9.17) is 17.3 Å². The van der Waals surface area contributed by atoms with Crippen LogP contribution in [-0.4, -0.2) is 55.0 Å². The van der Waals surface area contributed by atoms with Crippen molar-refractivity contribution in [2.75, 3.05) is 44.3 Å². The fraction of sp³-hybridized carbons (Fsp3) is 0.533. The standard InChI is InChI=1S/C15H23ClN4O/c1-3-12-9-20(7-6-19(12)2)10-15(21)18-14-5-4-11(17)8-13(14)16/h4-5,8,12H,3,6-7,9-10,17H2,1-2H3,(H,18,21). The first-order chi connectivity index (χ1) is 9.99. The van der Waals surface area contributed by atoms with E-state index in [1.165, 1.54) is 0 Å². The molecule has 1 fully saturated rings. The molecule has 0 aliphatic carbocycles. The Morgan fingerprint density at radius 3 is 2.90 bits per heavy atom. The third kappa shape index (κ3) is 4.33. The number of nitrogen functional groups attached to an aromatic ring is 1. The second-order valence-corrected chi connectivity index (χ2v) is 5.97. The van der Waals surface area contributed by atoms with Gasteiger partial charge >= 0.3 is 0 Å². The summed E-state index contributed by atoms with van der Waals surface area (Å²) >= 11 is 6.07. The van der Waals surface area contributed by atoms with Crippen LogP contribution in [-0.2, 0) is 4.79 Å². The summed E-state index contributed by atoms with van der Waals surface area (Å²) < 4.78 is 0. The van der Waals surface area contributed by atoms with E-state index < -0.39 is 0 Å². The molecule has 6 heteroatoms. The highest BCUT2D eigenvalue weighted by atomic mass is 35.5. The normalized spacial score (nSPS) is 20.4. The van der Waals surface area contributed by atoms with E-state index in [1.807, 2.05) is 0 Å². The molecule has 0 bridgehead atoms. The molecule has 0 saturated carbocycles. The van der Waals surface area contributed by atoms with Crippen LogP contribution in [0.15, 0.2) is 18.2 Å². The van der Waals surface area contributed by atoms with Crippen molar-refractivity contribution in [3.8, 4) is 0 Å². The zero-order valence-corrected chi connectivity index (χ0v) is 13.4. The Kier molecular flexibility index (Phi) is 5.45. The Labute approximate surface area is 131 Å². The van der Waals surface area contributed by atoms with Crippen LogP contribution in [0.2, 0.25) is 5.02 Å². The van der Waals surface area contributed by atoms with Gasteiger partial charge in [-0.2, -0.15) is 0 Å². The van der Waals surface area contributed by atoms with Gasteiger partial charge in [0.1, 0.15) is 0 Å². The van der Waals surface area contributed by atoms with Crippen LogP contribution < -0.4 is 11.1 Å². The molecule has 1 heterocycles. The lowest BCUT2D eigenvalue weighted by atomic mass is 10.1. The van der Waals surface area contributed by atoms with Gasteiger partial charge in [-0.25, -0.2) is 0 Å². The van der Waals surface area contributed by atoms with E-state index in [0.717, 1.165) is 26.1 Å². The van der Waals surface area contributed by atoms with E-state index in [1.54, 1.807) is 18.2 Å². The quantitative estimate of drug-likeness (QED) is 0.834. The maximum atomic E-state index is 12.1. The van der Waals surface area contributed by atoms with Crippen LogP contribution in [0.4, 0.5) is 11.4 Å². The van der Waals surface area contributed by atoms with Crippen molar-refractivity contribution >= 4 is 28.9 Å². The molecule has 2 rings (SSSR count). The maximum Gasteiger partial charge on any atom is 0.238 e. The predicted molar refractivity (Wildman–Crippen MR) is 87.6 cm³/mol. The number of hydrogen-bond donors (Lipinski definition) is 2. The molecule has 1 aromatic carbocycles. The molecule has 116 valence electrons. The van der Waals surface area contributed by atoms with Crippen molar-refractivity contribution in [3.05, 3.63) is 23.2 Å². The van der Waals surface area contributed by atoms with Crippen LogP contribution >= 0.6 is 11.6 Å². The number of nitrogens with zero attached hydrogens (tertiary/aromatic N) is 2. The number of hydrogen-bond acceptors (Lipinski definition) is 4. The molecule has 1 unspecified atom stereocenters. The number of carbonyl (C=O) groups is 1. The third-order valence-corrected chi connectivity index (χ3v) is 4.28. The van der Waals surface area contributed by atoms with Gasteiger partial charge in [-0.15, -0.1) is 0 Å². The molecule has 21 heavy (non-hydrogen) atoms. The van der Waals surface area contributed by atoms with E-state index in [2.05, 4.69) is 29.1 Å². The molecule has 0 spiro atoms. The lowest BCUT2D eigenvalue weighted by Gasteiger charge is -2.38. The van der Waals surface area contributed by atoms with Gasteiger partial charge in [0, 0.05) is 31.4 Å². The van der Waals surface area contributed by atoms with Gasteiger partial charge in [-0.05, 0) is 31.7 Å². The second kappa shape index (κ2) is 7.11. The Morgan fingerprint density at radius 1 is 1.48 bits per heavy atom. The fourth-order valence-electron chi connectivity index (χ4n) is 2.62. The number of nitrogens with one attached hydrogen (secondary N) is 1. The second-order valence-electron chi connectivity index (χ2n) is 5.57. The largest absolute Gasteiger partial charge is 0.399 e. The molecular formula is C15H23ClN4O. The van der Waals surface area contributed by atoms with Crippen molar-refractivity contribution in [3.63, 3.8) is 0 Å². The van der Waals surface area contributed by atoms with E-state index in [-0.39, 0.29) is 5.91 Å². The maximum absolute atomic E-state index is 12.1. The molecular weight excluding hydrogens is 288 g/mol. The van der Waals surface area contributed by atoms with Crippen molar-refractivity contribution in [2.24, 2.45) is 0 Å². The number of rotatable bonds is 4. The SMILES string of the molecule is CCC1CN(CC(=O)Nc2ccc(N)cc2Cl)CCN1C. The summed E-state index contributed by atoms with van der Waals surface area (Å²) in [6, 6.07) is 5.62. The summed E-state index contributed by atoms with van der Waals surface area (Å²) in [6.07, 6.45) is 1.10. The number of anilines is 2. The summed E-state index contributed by atoms with van der Waals surface area (Å²) in [5.41, 5.74) is 6.84. The molecule has 1 amide bonds. The number of nitrogens with two attached hydrogens (primary N) is 1. The van der Waals surface area contributed by atoms with Gasteiger partial charge in [0.15, 0.2) is 0 Å². The zero-order chi connectivity index (χ0) is 15.4. The first-order valence-electron chi connectivity index (χ1n) is 7.27. The highest BCUT2D eigenvalue weighted by molar-refractivity contribution is 6.34. The Hall–Kier alpha value is -1.30. The summed E-state index contributed by atoms with van der Waals surface area (Å²) in [5.74, 6) is -0.0407. The topological polar surface area (TPSA) is 61.6 Å². The molecule has 1 aliphatic rings. The van der Waals surface area contributed by atoms with Gasteiger partial charge < -0.3 is 16.0 Å². The van der Waals surface area contributed by atoms with Crippen LogP contribution in [0.1, 0.15) is 13.3 Å². The van der Waals surface area contributed by atoms with Crippen molar-refractivity contribution in [1.29, 1.82) is 0 Å². The summed E-state index contributed by atoms with van der Waals surface area (Å²) in [5, 5.41) is 3.31. The fourth-order valence-corrected chi connectivity index (χ4v) is 2.86. The average molecular weight is 311 g/mol. The van der Waals surface area contributed by atoms with Crippen molar-refractivity contribution in [2.45, 2.75) is 19.4 Å². The minimum atomic E-state index is -0.0407. The van der Waals surface area contributed by atoms with Gasteiger partial charge in [0.25, 0.3) is 0 Å². The highest BCUT2D eigenvalue weighted by Crippen LogP contribution is 2.24. The minimum Gasteiger partial charge on any atom is -0.399 e. The number of piperazine rings is 1. The third-order valence-electron chi connectivity index (χ3n) is 3.97. The zero-order valence-electron chi connectivity index (χ0n) is 12.6. The van der Waals surface area contributed by atoms with Crippen molar-refractivity contribution < 1.29 is 4.79 Å². The van der Waals surface area contributed by atoms with Crippen LogP contribution in [0.3, 0.4) is 0 Å². The predicted octanol–water partition coefficient (Wildman–Crippen LogP) is 1.89. The number of carbonyl (C=O) groups excluding carboxylic acids is 1. The Balaban J connectivity index is 1.90. The lowest BCUT2D eigenvalue weighted by Crippen LogP contribution is -2.52. The molecule has 1 saturated heterocycles. The summed E-state index contributed by atoms with van der Waals surface area (Å²) in [7, 11) is 2.14. The van der Waals surface area contributed by atoms with E-state index in [9.17, 15) is 4.79 Å². The number of likely N-dealkylation sites (N-methyl/N-ethyl adjacent to an activating group) is 1. The van der Waals surface area contributed by atoms with Gasteiger partial charge in [0.05, 0.1) is 17.3 Å². The lowest BCUT2D eigenvalue weighted by molar-refractivity contribution is -0.118. The van der Waals surface area contributed by atoms with Crippen LogP contribution in [0.5, 0.6) is 0 Å². The van der Waals surface area contributed by atoms with Crippen molar-refractivity contribution in [1.82, 2.24) is 9.80 Å². The van der Waals surface area contributed by atoms with Crippen LogP contribution in [0, 0.1) is 0 Å². The molecule has 1 aromatic rings. The molecule has 0 aromatic heterocycles. The highest BCUT2D eigenvalue weighted by Gasteiger charge is 2.24. The minimum absolute atomic E-state index is 0.0407. The Bertz CT molecular complexity index is 508. The molecule has 1 aliphatic heterocycles. The number of halogens is 1. The molecule has 1 atom stereocenters. The van der Waals surface area contributed by atoms with Gasteiger partial charge in [-0.3, -0.25) is 9.69 Å². The first kappa shape index (κ1) is 16.1. The van der Waals surface area contributed by atoms with Gasteiger partial charge in [-0.1, -0.05) is 18.5 Å². The van der Waals surface area contributed by atoms with Gasteiger partial charge in [0.2, 0.25) is 5.91 Å². The molecule has 0 radical (unpaired) electrons. The number of amides is 1. The number of benzene rings is 1. The summed E-state index contributed by atoms with van der Waals surface area (Å²) in [4.78, 5) is 16.7. The molecule has 5 nitrogen and oxygen atoms in total. The van der Waals surface area contributed by atoms with E-state index in [0.29, 0.717) is 29.0 Å².